The number of alkyl halides is 6. The van der Waals surface area contributed by atoms with Crippen molar-refractivity contribution in [1.29, 1.82) is 0 Å². The molecule has 1 aliphatic heterocycles. The first-order valence-corrected chi connectivity index (χ1v) is 21.5. The number of esters is 1. The van der Waals surface area contributed by atoms with Gasteiger partial charge >= 0.3 is 43.0 Å². The van der Waals surface area contributed by atoms with E-state index in [1.54, 1.807) is 31.2 Å². The number of ketones is 2. The molecule has 0 aromatic heterocycles. The zero-order valence-electron chi connectivity index (χ0n) is 34.2. The minimum absolute atomic E-state index is 0.0213. The normalized spacial score (nSPS) is 16.1. The summed E-state index contributed by atoms with van der Waals surface area (Å²) < 4.78 is 173. The summed E-state index contributed by atoms with van der Waals surface area (Å²) in [5.74, 6) is -9.68. The molecular formula is C43H32F6O14S2. The van der Waals surface area contributed by atoms with Crippen molar-refractivity contribution in [1.82, 2.24) is 0 Å². The Labute approximate surface area is 365 Å². The summed E-state index contributed by atoms with van der Waals surface area (Å²) in [5, 5.41) is 0. The maximum Gasteiger partial charge on any atom is 0.534 e. The van der Waals surface area contributed by atoms with Gasteiger partial charge in [0.2, 0.25) is 5.78 Å². The predicted octanol–water partition coefficient (Wildman–Crippen LogP) is 7.80. The van der Waals surface area contributed by atoms with Crippen LogP contribution in [0.25, 0.3) is 0 Å². The van der Waals surface area contributed by atoms with Crippen molar-refractivity contribution in [3.8, 4) is 34.5 Å². The highest BCUT2D eigenvalue weighted by atomic mass is 32.2. The first-order chi connectivity index (χ1) is 30.4. The SMILES string of the molecule is COc1cc(OC)c2c(c1)C(=O)c1cc(OS(=O)(=O)C(F)(F)F)c(CCc3cc(C)c4c(c3OS(=O)(=O)C(F)(F)F)OC(c3ccccc3)(c3ccccc3C)OC4=O)c(OC)c1C2=O. The van der Waals surface area contributed by atoms with Gasteiger partial charge in [-0.3, -0.25) is 9.59 Å². The monoisotopic (exact) mass is 950 g/mol. The molecule has 2 aliphatic rings. The number of cyclic esters (lactones) is 1. The van der Waals surface area contributed by atoms with Crippen molar-refractivity contribution in [2.45, 2.75) is 43.5 Å². The maximum absolute atomic E-state index is 14.3. The van der Waals surface area contributed by atoms with Gasteiger partial charge in [-0.1, -0.05) is 60.7 Å². The molecule has 14 nitrogen and oxygen atoms in total. The molecule has 1 atom stereocenters. The molecule has 0 N–H and O–H groups in total. The number of halogens is 6. The molecule has 22 heteroatoms. The lowest BCUT2D eigenvalue weighted by molar-refractivity contribution is -0.132. The molecule has 5 aromatic rings. The van der Waals surface area contributed by atoms with E-state index in [1.807, 2.05) is 0 Å². The summed E-state index contributed by atoms with van der Waals surface area (Å²) in [6.45, 7) is 2.89. The van der Waals surface area contributed by atoms with Gasteiger partial charge in [0.25, 0.3) is 0 Å². The van der Waals surface area contributed by atoms with Gasteiger partial charge in [-0.25, -0.2) is 4.79 Å². The van der Waals surface area contributed by atoms with Crippen LogP contribution < -0.4 is 27.3 Å². The van der Waals surface area contributed by atoms with Gasteiger partial charge in [0.1, 0.15) is 22.8 Å². The lowest BCUT2D eigenvalue weighted by atomic mass is 9.81. The first-order valence-electron chi connectivity index (χ1n) is 18.7. The van der Waals surface area contributed by atoms with Gasteiger partial charge in [-0.05, 0) is 49.9 Å². The Morgan fingerprint density at radius 2 is 1.22 bits per heavy atom. The molecule has 1 aliphatic carbocycles. The van der Waals surface area contributed by atoms with E-state index in [4.69, 9.17) is 27.9 Å². The molecule has 1 heterocycles. The average molecular weight is 951 g/mol. The lowest BCUT2D eigenvalue weighted by Crippen LogP contribution is -2.44. The summed E-state index contributed by atoms with van der Waals surface area (Å²) >= 11 is 0. The van der Waals surface area contributed by atoms with Crippen LogP contribution in [0.3, 0.4) is 0 Å². The van der Waals surface area contributed by atoms with Gasteiger partial charge in [-0.2, -0.15) is 43.2 Å². The average Bonchev–Trinajstić information content (AvgIpc) is 3.24. The van der Waals surface area contributed by atoms with Crippen LogP contribution in [0.4, 0.5) is 26.3 Å². The van der Waals surface area contributed by atoms with Crippen molar-refractivity contribution >= 4 is 37.8 Å². The number of hydrogen-bond donors (Lipinski definition) is 0. The Bertz CT molecular complexity index is 3040. The minimum Gasteiger partial charge on any atom is -0.497 e. The number of ether oxygens (including phenoxy) is 5. The molecular weight excluding hydrogens is 919 g/mol. The van der Waals surface area contributed by atoms with E-state index in [2.05, 4.69) is 4.18 Å². The third-order valence-corrected chi connectivity index (χ3v) is 12.4. The molecule has 7 rings (SSSR count). The smallest absolute Gasteiger partial charge is 0.497 e. The van der Waals surface area contributed by atoms with Crippen molar-refractivity contribution in [3.63, 3.8) is 0 Å². The number of carbonyl (C=O) groups is 3. The minimum atomic E-state index is -6.61. The van der Waals surface area contributed by atoms with Gasteiger partial charge in [0, 0.05) is 39.4 Å². The zero-order chi connectivity index (χ0) is 47.6. The first kappa shape index (κ1) is 46.2. The number of carbonyl (C=O) groups excluding carboxylic acids is 3. The second-order valence-electron chi connectivity index (χ2n) is 14.4. The lowest BCUT2D eigenvalue weighted by Gasteiger charge is -2.40. The van der Waals surface area contributed by atoms with E-state index in [9.17, 15) is 57.6 Å². The maximum atomic E-state index is 14.3. The Balaban J connectivity index is 1.47. The van der Waals surface area contributed by atoms with E-state index >= 15 is 0 Å². The van der Waals surface area contributed by atoms with Gasteiger partial charge in [0.15, 0.2) is 23.0 Å². The molecule has 0 amide bonds. The Morgan fingerprint density at radius 1 is 0.600 bits per heavy atom. The van der Waals surface area contributed by atoms with Crippen LogP contribution in [0.15, 0.2) is 78.9 Å². The number of fused-ring (bicyclic) bond motifs is 3. The third kappa shape index (κ3) is 7.83. The second-order valence-corrected chi connectivity index (χ2v) is 17.4. The number of hydrogen-bond acceptors (Lipinski definition) is 14. The molecule has 5 aromatic carbocycles. The Morgan fingerprint density at radius 3 is 1.82 bits per heavy atom. The van der Waals surface area contributed by atoms with Crippen LogP contribution in [0.2, 0.25) is 0 Å². The van der Waals surface area contributed by atoms with Crippen molar-refractivity contribution in [2.75, 3.05) is 21.3 Å². The molecule has 0 bridgehead atoms. The molecule has 0 radical (unpaired) electrons. The van der Waals surface area contributed by atoms with Crippen molar-refractivity contribution in [3.05, 3.63) is 140 Å². The van der Waals surface area contributed by atoms with E-state index in [0.717, 1.165) is 26.4 Å². The summed E-state index contributed by atoms with van der Waals surface area (Å²) in [5.41, 5.74) is -15.2. The standard InChI is InChI=1S/C43H32F6O14S2/c1-21-11-9-10-14-29(21)41(24-12-7-6-8-13-24)60-39-32(40(52)61-41)22(2)17-23(37(39)63-65(55,56)43(47,48)49)15-16-26-30(62-64(53,54)42(44,45)46)20-28-34(38(26)59-5)36(51)33-27(35(28)50)18-25(57-3)19-31(33)58-4/h6-14,17-20H,15-16H2,1-5H3. The highest BCUT2D eigenvalue weighted by Gasteiger charge is 2.53. The zero-order valence-corrected chi connectivity index (χ0v) is 35.9. The molecule has 65 heavy (non-hydrogen) atoms. The number of benzene rings is 5. The molecule has 1 unspecified atom stereocenters. The van der Waals surface area contributed by atoms with Gasteiger partial charge in [-0.15, -0.1) is 0 Å². The molecule has 0 fully saturated rings. The van der Waals surface area contributed by atoms with E-state index in [0.29, 0.717) is 11.6 Å². The van der Waals surface area contributed by atoms with Crippen LogP contribution in [0.1, 0.15) is 75.6 Å². The van der Waals surface area contributed by atoms with Crippen LogP contribution >= 0.6 is 0 Å². The highest BCUT2D eigenvalue weighted by molar-refractivity contribution is 7.88. The van der Waals surface area contributed by atoms with E-state index in [1.165, 1.54) is 50.4 Å². The molecule has 0 saturated carbocycles. The molecule has 0 spiro atoms. The van der Waals surface area contributed by atoms with Gasteiger partial charge in [0.05, 0.1) is 32.5 Å². The van der Waals surface area contributed by atoms with Crippen LogP contribution in [0, 0.1) is 13.8 Å². The fourth-order valence-corrected chi connectivity index (χ4v) is 8.52. The van der Waals surface area contributed by atoms with Crippen LogP contribution in [0.5, 0.6) is 34.5 Å². The summed E-state index contributed by atoms with van der Waals surface area (Å²) in [4.78, 5) is 42.5. The second kappa shape index (κ2) is 16.3. The van der Waals surface area contributed by atoms with Crippen molar-refractivity contribution < 1.29 is 89.6 Å². The molecule has 0 saturated heterocycles. The third-order valence-electron chi connectivity index (χ3n) is 10.5. The predicted molar refractivity (Wildman–Crippen MR) is 214 cm³/mol. The number of rotatable bonds is 12. The fourth-order valence-electron chi connectivity index (χ4n) is 7.55. The van der Waals surface area contributed by atoms with Crippen molar-refractivity contribution in [2.24, 2.45) is 0 Å². The Hall–Kier alpha value is -6.81. The summed E-state index contributed by atoms with van der Waals surface area (Å²) in [6.07, 6.45) is -1.64. The Kier molecular flexibility index (Phi) is 11.6. The van der Waals surface area contributed by atoms with E-state index < -0.39 is 118 Å². The quantitative estimate of drug-likeness (QED) is 0.0501. The number of aryl methyl sites for hydroxylation is 3. The molecule has 342 valence electrons. The topological polar surface area (TPSA) is 184 Å². The largest absolute Gasteiger partial charge is 0.534 e. The van der Waals surface area contributed by atoms with Gasteiger partial charge < -0.3 is 32.1 Å². The van der Waals surface area contributed by atoms with Crippen LogP contribution in [-0.4, -0.2) is 66.7 Å². The fraction of sp³-hybridized carbons (Fsp3) is 0.233. The van der Waals surface area contributed by atoms with Crippen LogP contribution in [-0.2, 0) is 43.6 Å². The highest BCUT2D eigenvalue weighted by Crippen LogP contribution is 2.51. The summed E-state index contributed by atoms with van der Waals surface area (Å²) in [6, 6.07) is 17.8. The number of methoxy groups -OCH3 is 3. The summed E-state index contributed by atoms with van der Waals surface area (Å²) in [7, 11) is -9.85. The van der Waals surface area contributed by atoms with E-state index in [-0.39, 0.29) is 39.3 Å².